The molecule has 0 radical (unpaired) electrons. The molecule has 1 fully saturated rings. The normalized spacial score (nSPS) is 13.6. The predicted octanol–water partition coefficient (Wildman–Crippen LogP) is 6.79. The van der Waals surface area contributed by atoms with E-state index in [1.54, 1.807) is 4.90 Å². The van der Waals surface area contributed by atoms with Crippen molar-refractivity contribution in [2.24, 2.45) is 0 Å². The molecule has 5 nitrogen and oxygen atoms in total. The van der Waals surface area contributed by atoms with Gasteiger partial charge in [0.15, 0.2) is 0 Å². The zero-order chi connectivity index (χ0) is 26.7. The zero-order valence-electron chi connectivity index (χ0n) is 21.6. The Balaban J connectivity index is 1.45. The minimum atomic E-state index is -0.826. The molecule has 3 amide bonds. The lowest BCUT2D eigenvalue weighted by atomic mass is 9.94. The Morgan fingerprint density at radius 3 is 2.13 bits per heavy atom. The lowest BCUT2D eigenvalue weighted by Crippen LogP contribution is -2.46. The van der Waals surface area contributed by atoms with Crippen molar-refractivity contribution in [2.75, 3.05) is 18.4 Å². The summed E-state index contributed by atoms with van der Waals surface area (Å²) >= 11 is 0. The maximum absolute atomic E-state index is 14.2. The highest BCUT2D eigenvalue weighted by Gasteiger charge is 2.27. The van der Waals surface area contributed by atoms with Crippen molar-refractivity contribution in [3.05, 3.63) is 102 Å². The minimum Gasteiger partial charge on any atom is -0.338 e. The van der Waals surface area contributed by atoms with Gasteiger partial charge >= 0.3 is 6.03 Å². The third-order valence-corrected chi connectivity index (χ3v) is 7.10. The molecule has 0 aliphatic heterocycles. The molecule has 0 saturated heterocycles. The molecule has 1 aliphatic carbocycles. The quantitative estimate of drug-likeness (QED) is 0.321. The number of carbonyl (C=O) groups is 2. The minimum absolute atomic E-state index is 0.0213. The number of nitrogens with one attached hydrogen (secondary N) is 1. The van der Waals surface area contributed by atoms with Crippen molar-refractivity contribution in [2.45, 2.75) is 57.5 Å². The number of nitrogens with zero attached hydrogens (tertiary/aromatic N) is 2. The van der Waals surface area contributed by atoms with Gasteiger partial charge in [-0.25, -0.2) is 13.6 Å². The molecular formula is C31H35F2N3O2. The second kappa shape index (κ2) is 13.7. The van der Waals surface area contributed by atoms with Crippen LogP contribution in [0.2, 0.25) is 0 Å². The molecule has 0 atom stereocenters. The molecule has 1 aliphatic rings. The summed E-state index contributed by atoms with van der Waals surface area (Å²) in [5, 5.41) is 2.59. The van der Waals surface area contributed by atoms with Crippen molar-refractivity contribution >= 4 is 17.6 Å². The molecule has 0 unspecified atom stereocenters. The average Bonchev–Trinajstić information content (AvgIpc) is 2.94. The van der Waals surface area contributed by atoms with Crippen LogP contribution < -0.4 is 5.32 Å². The zero-order valence-corrected chi connectivity index (χ0v) is 21.6. The van der Waals surface area contributed by atoms with E-state index in [0.29, 0.717) is 13.1 Å². The number of amides is 3. The number of anilines is 1. The van der Waals surface area contributed by atoms with Crippen LogP contribution in [0.4, 0.5) is 19.3 Å². The van der Waals surface area contributed by atoms with Crippen molar-refractivity contribution < 1.29 is 18.4 Å². The molecule has 0 heterocycles. The van der Waals surface area contributed by atoms with Crippen LogP contribution in [-0.2, 0) is 17.8 Å². The van der Waals surface area contributed by atoms with Crippen LogP contribution in [0.5, 0.6) is 0 Å². The van der Waals surface area contributed by atoms with E-state index in [-0.39, 0.29) is 30.6 Å². The summed E-state index contributed by atoms with van der Waals surface area (Å²) in [7, 11) is 0. The van der Waals surface area contributed by atoms with Crippen LogP contribution in [0.25, 0.3) is 0 Å². The van der Waals surface area contributed by atoms with Crippen molar-refractivity contribution in [3.63, 3.8) is 0 Å². The third kappa shape index (κ3) is 7.88. The first-order valence-corrected chi connectivity index (χ1v) is 13.4. The van der Waals surface area contributed by atoms with E-state index < -0.39 is 17.7 Å². The molecule has 3 aromatic rings. The number of rotatable bonds is 10. The molecule has 38 heavy (non-hydrogen) atoms. The fraction of sp³-hybridized carbons (Fsp3) is 0.355. The Labute approximate surface area is 223 Å². The molecule has 7 heteroatoms. The fourth-order valence-corrected chi connectivity index (χ4v) is 5.00. The van der Waals surface area contributed by atoms with E-state index in [1.807, 2.05) is 53.4 Å². The second-order valence-electron chi connectivity index (χ2n) is 9.83. The summed E-state index contributed by atoms with van der Waals surface area (Å²) in [5.74, 6) is -1.57. The molecule has 200 valence electrons. The molecular weight excluding hydrogens is 484 g/mol. The SMILES string of the molecule is O=C(CCN(C(=O)Nc1ccc(F)cc1F)C1CCCCC1)N(CCc1ccccc1)Cc1ccccc1. The summed E-state index contributed by atoms with van der Waals surface area (Å²) in [6, 6.07) is 22.5. The van der Waals surface area contributed by atoms with E-state index in [9.17, 15) is 18.4 Å². The van der Waals surface area contributed by atoms with E-state index in [4.69, 9.17) is 0 Å². The van der Waals surface area contributed by atoms with Gasteiger partial charge in [-0.05, 0) is 42.5 Å². The number of urea groups is 1. The number of halogens is 2. The van der Waals surface area contributed by atoms with Gasteiger partial charge in [0.1, 0.15) is 11.6 Å². The molecule has 3 aromatic carbocycles. The molecule has 1 saturated carbocycles. The van der Waals surface area contributed by atoms with Gasteiger partial charge in [-0.3, -0.25) is 4.79 Å². The summed E-state index contributed by atoms with van der Waals surface area (Å²) in [6.45, 7) is 1.28. The van der Waals surface area contributed by atoms with Gasteiger partial charge < -0.3 is 15.1 Å². The fourth-order valence-electron chi connectivity index (χ4n) is 5.00. The summed E-state index contributed by atoms with van der Waals surface area (Å²) in [6.07, 6.45) is 5.70. The average molecular weight is 520 g/mol. The first kappa shape index (κ1) is 27.3. The Morgan fingerprint density at radius 1 is 0.816 bits per heavy atom. The van der Waals surface area contributed by atoms with Crippen molar-refractivity contribution in [3.8, 4) is 0 Å². The van der Waals surface area contributed by atoms with E-state index in [2.05, 4.69) is 17.4 Å². The standard InChI is InChI=1S/C31H35F2N3O2/c32-26-16-17-29(28(33)22-26)34-31(38)36(27-14-8-3-9-15-27)21-19-30(37)35(23-25-12-6-2-7-13-25)20-18-24-10-4-1-5-11-24/h1-2,4-7,10-13,16-17,22,27H,3,8-9,14-15,18-21,23H2,(H,34,38). The van der Waals surface area contributed by atoms with Crippen molar-refractivity contribution in [1.29, 1.82) is 0 Å². The lowest BCUT2D eigenvalue weighted by Gasteiger charge is -2.35. The van der Waals surface area contributed by atoms with Gasteiger partial charge in [-0.1, -0.05) is 79.9 Å². The van der Waals surface area contributed by atoms with E-state index in [0.717, 1.165) is 61.8 Å². The topological polar surface area (TPSA) is 52.7 Å². The van der Waals surface area contributed by atoms with Crippen LogP contribution in [0.15, 0.2) is 78.9 Å². The van der Waals surface area contributed by atoms with Crippen LogP contribution >= 0.6 is 0 Å². The molecule has 0 spiro atoms. The number of hydrogen-bond donors (Lipinski definition) is 1. The number of benzene rings is 3. The first-order valence-electron chi connectivity index (χ1n) is 13.4. The van der Waals surface area contributed by atoms with Gasteiger partial charge in [0.2, 0.25) is 5.91 Å². The van der Waals surface area contributed by atoms with Gasteiger partial charge in [-0.15, -0.1) is 0 Å². The highest BCUT2D eigenvalue weighted by atomic mass is 19.1. The molecule has 0 aromatic heterocycles. The second-order valence-corrected chi connectivity index (χ2v) is 9.83. The smallest absolute Gasteiger partial charge is 0.322 e. The Bertz CT molecular complexity index is 1180. The Morgan fingerprint density at radius 2 is 1.47 bits per heavy atom. The van der Waals surface area contributed by atoms with Crippen molar-refractivity contribution in [1.82, 2.24) is 9.80 Å². The highest BCUT2D eigenvalue weighted by Crippen LogP contribution is 2.25. The van der Waals surface area contributed by atoms with Crippen LogP contribution in [0, 0.1) is 11.6 Å². The van der Waals surface area contributed by atoms with Gasteiger partial charge in [0, 0.05) is 38.2 Å². The summed E-state index contributed by atoms with van der Waals surface area (Å²) in [5.41, 5.74) is 2.13. The number of carbonyl (C=O) groups excluding carboxylic acids is 2. The van der Waals surface area contributed by atoms with Gasteiger partial charge in [0.25, 0.3) is 0 Å². The van der Waals surface area contributed by atoms with Crippen LogP contribution in [0.3, 0.4) is 0 Å². The van der Waals surface area contributed by atoms with Gasteiger partial charge in [-0.2, -0.15) is 0 Å². The highest BCUT2D eigenvalue weighted by molar-refractivity contribution is 5.90. The monoisotopic (exact) mass is 519 g/mol. The molecule has 4 rings (SSSR count). The number of hydrogen-bond acceptors (Lipinski definition) is 2. The Hall–Kier alpha value is -3.74. The first-order chi connectivity index (χ1) is 18.5. The molecule has 1 N–H and O–H groups in total. The predicted molar refractivity (Wildman–Crippen MR) is 146 cm³/mol. The third-order valence-electron chi connectivity index (χ3n) is 7.10. The summed E-state index contributed by atoms with van der Waals surface area (Å²) < 4.78 is 27.6. The van der Waals surface area contributed by atoms with E-state index >= 15 is 0 Å². The maximum atomic E-state index is 14.2. The largest absolute Gasteiger partial charge is 0.338 e. The Kier molecular flexibility index (Phi) is 9.84. The lowest BCUT2D eigenvalue weighted by molar-refractivity contribution is -0.132. The van der Waals surface area contributed by atoms with E-state index in [1.165, 1.54) is 6.07 Å². The van der Waals surface area contributed by atoms with Crippen LogP contribution in [-0.4, -0.2) is 40.9 Å². The van der Waals surface area contributed by atoms with Gasteiger partial charge in [0.05, 0.1) is 5.69 Å². The summed E-state index contributed by atoms with van der Waals surface area (Å²) in [4.78, 5) is 30.3. The maximum Gasteiger partial charge on any atom is 0.322 e. The van der Waals surface area contributed by atoms with Crippen LogP contribution in [0.1, 0.15) is 49.7 Å². The molecule has 0 bridgehead atoms.